The summed E-state index contributed by atoms with van der Waals surface area (Å²) in [5.41, 5.74) is 1.17. The monoisotopic (exact) mass is 292 g/mol. The molecule has 0 bridgehead atoms. The molecule has 1 heterocycles. The van der Waals surface area contributed by atoms with Gasteiger partial charge in [0.1, 0.15) is 11.1 Å². The van der Waals surface area contributed by atoms with E-state index in [9.17, 15) is 9.59 Å². The second-order valence-electron chi connectivity index (χ2n) is 4.76. The quantitative estimate of drug-likeness (QED) is 0.407. The molecule has 0 aliphatic carbocycles. The van der Waals surface area contributed by atoms with Crippen molar-refractivity contribution in [3.8, 4) is 0 Å². The van der Waals surface area contributed by atoms with Crippen molar-refractivity contribution in [2.24, 2.45) is 10.2 Å². The fraction of sp³-hybridized carbons (Fsp3) is 0.0588. The van der Waals surface area contributed by atoms with Gasteiger partial charge in [-0.1, -0.05) is 18.2 Å². The van der Waals surface area contributed by atoms with E-state index in [1.807, 2.05) is 30.3 Å². The molecule has 1 aromatic heterocycles. The first-order valence-electron chi connectivity index (χ1n) is 6.69. The van der Waals surface area contributed by atoms with E-state index in [0.717, 1.165) is 5.69 Å². The highest BCUT2D eigenvalue weighted by Crippen LogP contribution is 2.23. The zero-order chi connectivity index (χ0) is 15.5. The van der Waals surface area contributed by atoms with Crippen LogP contribution in [0.25, 0.3) is 11.0 Å². The number of nitrogens with zero attached hydrogens (tertiary/aromatic N) is 2. The Hall–Kier alpha value is -3.08. The molecule has 0 amide bonds. The lowest BCUT2D eigenvalue weighted by Crippen LogP contribution is -2.10. The smallest absolute Gasteiger partial charge is 0.347 e. The van der Waals surface area contributed by atoms with Gasteiger partial charge in [0.25, 0.3) is 0 Å². The third-order valence-corrected chi connectivity index (χ3v) is 3.13. The Bertz CT molecular complexity index is 928. The lowest BCUT2D eigenvalue weighted by molar-refractivity contribution is 0.101. The number of carbonyl (C=O) groups is 1. The van der Waals surface area contributed by atoms with Crippen molar-refractivity contribution in [3.05, 3.63) is 70.6 Å². The molecule has 0 aliphatic rings. The van der Waals surface area contributed by atoms with Gasteiger partial charge in [0.2, 0.25) is 0 Å². The number of Topliss-reactive ketones (excluding diaryl/α,β-unsaturated/α-hetero) is 1. The van der Waals surface area contributed by atoms with E-state index < -0.39 is 5.63 Å². The van der Waals surface area contributed by atoms with Crippen molar-refractivity contribution < 1.29 is 9.21 Å². The minimum atomic E-state index is -0.626. The number of ketones is 1. The highest BCUT2D eigenvalue weighted by Gasteiger charge is 2.09. The number of carbonyl (C=O) groups excluding carboxylic acids is 1. The Balaban J connectivity index is 2.02. The number of hydrogen-bond acceptors (Lipinski definition) is 5. The summed E-state index contributed by atoms with van der Waals surface area (Å²) in [4.78, 5) is 23.0. The average Bonchev–Trinajstić information content (AvgIpc) is 2.53. The van der Waals surface area contributed by atoms with Gasteiger partial charge >= 0.3 is 5.63 Å². The van der Waals surface area contributed by atoms with Gasteiger partial charge in [-0.25, -0.2) is 4.79 Å². The lowest BCUT2D eigenvalue weighted by atomic mass is 10.1. The molecular formula is C17H12N2O3. The van der Waals surface area contributed by atoms with Crippen molar-refractivity contribution in [1.29, 1.82) is 0 Å². The van der Waals surface area contributed by atoms with E-state index in [2.05, 4.69) is 10.2 Å². The van der Waals surface area contributed by atoms with Gasteiger partial charge in [-0.15, -0.1) is 0 Å². The minimum Gasteiger partial charge on any atom is -0.422 e. The van der Waals surface area contributed by atoms with E-state index in [4.69, 9.17) is 4.42 Å². The van der Waals surface area contributed by atoms with Crippen molar-refractivity contribution in [2.75, 3.05) is 0 Å². The highest BCUT2D eigenvalue weighted by molar-refractivity contribution is 5.96. The van der Waals surface area contributed by atoms with Gasteiger partial charge in [0.15, 0.2) is 5.78 Å². The van der Waals surface area contributed by atoms with Crippen molar-refractivity contribution in [1.82, 2.24) is 0 Å². The fourth-order valence-electron chi connectivity index (χ4n) is 2.03. The van der Waals surface area contributed by atoms with E-state index in [-0.39, 0.29) is 11.3 Å². The second kappa shape index (κ2) is 5.73. The summed E-state index contributed by atoms with van der Waals surface area (Å²) < 4.78 is 5.12. The van der Waals surface area contributed by atoms with Crippen LogP contribution in [-0.2, 0) is 0 Å². The number of rotatable bonds is 3. The average molecular weight is 292 g/mol. The molecule has 0 saturated heterocycles. The Labute approximate surface area is 125 Å². The van der Waals surface area contributed by atoms with E-state index in [1.54, 1.807) is 18.2 Å². The van der Waals surface area contributed by atoms with Crippen LogP contribution in [0.4, 0.5) is 11.4 Å². The SMILES string of the molecule is CC(=O)c1cc2cc(N=Nc3ccccc3)ccc2oc1=O. The summed E-state index contributed by atoms with van der Waals surface area (Å²) in [6, 6.07) is 15.9. The molecule has 0 unspecified atom stereocenters. The predicted molar refractivity (Wildman–Crippen MR) is 83.1 cm³/mol. The van der Waals surface area contributed by atoms with E-state index in [1.165, 1.54) is 13.0 Å². The Morgan fingerprint density at radius 1 is 0.955 bits per heavy atom. The molecule has 5 heteroatoms. The molecule has 3 aromatic rings. The van der Waals surface area contributed by atoms with Crippen LogP contribution in [-0.4, -0.2) is 5.78 Å². The van der Waals surface area contributed by atoms with E-state index in [0.29, 0.717) is 16.7 Å². The molecule has 5 nitrogen and oxygen atoms in total. The normalized spacial score (nSPS) is 11.1. The van der Waals surface area contributed by atoms with Crippen LogP contribution in [0.5, 0.6) is 0 Å². The molecule has 0 saturated carbocycles. The topological polar surface area (TPSA) is 72.0 Å². The number of fused-ring (bicyclic) bond motifs is 1. The molecule has 0 radical (unpaired) electrons. The fourth-order valence-corrected chi connectivity index (χ4v) is 2.03. The van der Waals surface area contributed by atoms with Gasteiger partial charge in [0.05, 0.1) is 11.4 Å². The summed E-state index contributed by atoms with van der Waals surface area (Å²) in [7, 11) is 0. The molecule has 0 fully saturated rings. The second-order valence-corrected chi connectivity index (χ2v) is 4.76. The van der Waals surface area contributed by atoms with Gasteiger partial charge in [-0.3, -0.25) is 4.79 Å². The Kier molecular flexibility index (Phi) is 3.62. The summed E-state index contributed by atoms with van der Waals surface area (Å²) >= 11 is 0. The molecule has 108 valence electrons. The van der Waals surface area contributed by atoms with Crippen molar-refractivity contribution in [2.45, 2.75) is 6.92 Å². The summed E-state index contributed by atoms with van der Waals surface area (Å²) in [5, 5.41) is 8.90. The third kappa shape index (κ3) is 2.83. The molecule has 2 aromatic carbocycles. The van der Waals surface area contributed by atoms with Gasteiger partial charge < -0.3 is 4.42 Å². The molecule has 3 rings (SSSR count). The number of benzene rings is 2. The van der Waals surface area contributed by atoms with Crippen LogP contribution in [0.3, 0.4) is 0 Å². The predicted octanol–water partition coefficient (Wildman–Crippen LogP) is 4.41. The maximum Gasteiger partial charge on any atom is 0.347 e. The van der Waals surface area contributed by atoms with Crippen LogP contribution < -0.4 is 5.63 Å². The summed E-state index contributed by atoms with van der Waals surface area (Å²) in [6.45, 7) is 1.33. The van der Waals surface area contributed by atoms with Gasteiger partial charge in [0, 0.05) is 5.39 Å². The Morgan fingerprint density at radius 3 is 2.41 bits per heavy atom. The first-order valence-corrected chi connectivity index (χ1v) is 6.69. The number of azo groups is 1. The summed E-state index contributed by atoms with van der Waals surface area (Å²) in [5.74, 6) is -0.327. The molecule has 0 atom stereocenters. The summed E-state index contributed by atoms with van der Waals surface area (Å²) in [6.07, 6.45) is 0. The maximum atomic E-state index is 11.6. The number of hydrogen-bond donors (Lipinski definition) is 0. The van der Waals surface area contributed by atoms with Crippen molar-refractivity contribution >= 4 is 28.1 Å². The zero-order valence-corrected chi connectivity index (χ0v) is 11.8. The zero-order valence-electron chi connectivity index (χ0n) is 11.8. The van der Waals surface area contributed by atoms with E-state index >= 15 is 0 Å². The Morgan fingerprint density at radius 2 is 1.68 bits per heavy atom. The maximum absolute atomic E-state index is 11.6. The molecular weight excluding hydrogens is 280 g/mol. The standard InChI is InChI=1S/C17H12N2O3/c1-11(20)15-10-12-9-14(7-8-16(12)22-17(15)21)19-18-13-5-3-2-4-6-13/h2-10H,1H3. The van der Waals surface area contributed by atoms with Crippen LogP contribution in [0.1, 0.15) is 17.3 Å². The van der Waals surface area contributed by atoms with Crippen LogP contribution in [0.2, 0.25) is 0 Å². The van der Waals surface area contributed by atoms with Crippen LogP contribution in [0, 0.1) is 0 Å². The molecule has 0 N–H and O–H groups in total. The van der Waals surface area contributed by atoms with Crippen LogP contribution in [0.15, 0.2) is 74.0 Å². The molecule has 0 aliphatic heterocycles. The largest absolute Gasteiger partial charge is 0.422 e. The van der Waals surface area contributed by atoms with Gasteiger partial charge in [-0.05, 0) is 43.3 Å². The van der Waals surface area contributed by atoms with Crippen molar-refractivity contribution in [3.63, 3.8) is 0 Å². The lowest BCUT2D eigenvalue weighted by Gasteiger charge is -2.00. The highest BCUT2D eigenvalue weighted by atomic mass is 16.4. The first kappa shape index (κ1) is 13.9. The molecule has 0 spiro atoms. The van der Waals surface area contributed by atoms with Gasteiger partial charge in [-0.2, -0.15) is 10.2 Å². The minimum absolute atomic E-state index is 0.0321. The molecule has 22 heavy (non-hydrogen) atoms. The first-order chi connectivity index (χ1) is 10.6. The third-order valence-electron chi connectivity index (χ3n) is 3.13. The van der Waals surface area contributed by atoms with Crippen LogP contribution >= 0.6 is 0 Å².